The highest BCUT2D eigenvalue weighted by Gasteiger charge is 2.43. The number of aromatic nitrogens is 1. The predicted molar refractivity (Wildman–Crippen MR) is 66.0 cm³/mol. The van der Waals surface area contributed by atoms with Gasteiger partial charge in [0, 0.05) is 17.6 Å². The van der Waals surface area contributed by atoms with Crippen LogP contribution in [-0.2, 0) is 0 Å². The molecule has 1 aliphatic carbocycles. The molecule has 0 radical (unpaired) electrons. The van der Waals surface area contributed by atoms with Crippen molar-refractivity contribution in [3.05, 3.63) is 42.1 Å². The fourth-order valence-electron chi connectivity index (χ4n) is 2.28. The van der Waals surface area contributed by atoms with E-state index in [2.05, 4.69) is 30.1 Å². The maximum atomic E-state index is 6.37. The normalized spacial score (nSPS) is 19.6. The van der Waals surface area contributed by atoms with Gasteiger partial charge >= 0.3 is 0 Å². The lowest BCUT2D eigenvalue weighted by Gasteiger charge is -2.20. The summed E-state index contributed by atoms with van der Waals surface area (Å²) >= 11 is 0. The van der Waals surface area contributed by atoms with Crippen LogP contribution in [0.15, 0.2) is 36.5 Å². The van der Waals surface area contributed by atoms with E-state index in [4.69, 9.17) is 5.73 Å². The fraction of sp³-hybridized carbons (Fsp3) is 0.357. The summed E-state index contributed by atoms with van der Waals surface area (Å²) < 4.78 is 0. The van der Waals surface area contributed by atoms with Crippen LogP contribution in [0.4, 0.5) is 0 Å². The van der Waals surface area contributed by atoms with Gasteiger partial charge in [0.25, 0.3) is 0 Å². The summed E-state index contributed by atoms with van der Waals surface area (Å²) in [7, 11) is 0. The Bertz CT molecular complexity index is 524. The third kappa shape index (κ3) is 1.41. The van der Waals surface area contributed by atoms with Gasteiger partial charge < -0.3 is 5.73 Å². The second kappa shape index (κ2) is 3.29. The van der Waals surface area contributed by atoms with Crippen molar-refractivity contribution in [3.8, 4) is 0 Å². The minimum Gasteiger partial charge on any atom is -0.323 e. The molecule has 0 aliphatic heterocycles. The summed E-state index contributed by atoms with van der Waals surface area (Å²) in [6.07, 6.45) is 4.31. The summed E-state index contributed by atoms with van der Waals surface area (Å²) in [6.45, 7) is 2.27. The van der Waals surface area contributed by atoms with Gasteiger partial charge in [0.05, 0.1) is 5.52 Å². The van der Waals surface area contributed by atoms with Gasteiger partial charge in [0.2, 0.25) is 0 Å². The predicted octanol–water partition coefficient (Wildman–Crippen LogP) is 3.03. The van der Waals surface area contributed by atoms with Gasteiger partial charge in [-0.3, -0.25) is 4.98 Å². The first-order valence-corrected chi connectivity index (χ1v) is 5.80. The van der Waals surface area contributed by atoms with Crippen LogP contribution in [0.5, 0.6) is 0 Å². The summed E-state index contributed by atoms with van der Waals surface area (Å²) in [6, 6.07) is 10.5. The SMILES string of the molecule is CC1(C(N)c2cccc3ncccc23)CC1. The van der Waals surface area contributed by atoms with Crippen LogP contribution in [0.3, 0.4) is 0 Å². The largest absolute Gasteiger partial charge is 0.323 e. The molecule has 16 heavy (non-hydrogen) atoms. The summed E-state index contributed by atoms with van der Waals surface area (Å²) in [4.78, 5) is 4.37. The van der Waals surface area contributed by atoms with Crippen molar-refractivity contribution in [1.82, 2.24) is 4.98 Å². The number of hydrogen-bond acceptors (Lipinski definition) is 2. The summed E-state index contributed by atoms with van der Waals surface area (Å²) in [5, 5.41) is 1.20. The van der Waals surface area contributed by atoms with Crippen LogP contribution in [0, 0.1) is 5.41 Å². The van der Waals surface area contributed by atoms with E-state index < -0.39 is 0 Å². The molecule has 1 unspecified atom stereocenters. The highest BCUT2D eigenvalue weighted by Crippen LogP contribution is 2.53. The Morgan fingerprint density at radius 2 is 2.06 bits per heavy atom. The highest BCUT2D eigenvalue weighted by atomic mass is 14.7. The molecule has 2 N–H and O–H groups in total. The van der Waals surface area contributed by atoms with Crippen LogP contribution in [-0.4, -0.2) is 4.98 Å². The van der Waals surface area contributed by atoms with Gasteiger partial charge in [-0.05, 0) is 36.0 Å². The lowest BCUT2D eigenvalue weighted by molar-refractivity contribution is 0.453. The first-order chi connectivity index (χ1) is 7.71. The second-order valence-corrected chi connectivity index (χ2v) is 5.05. The summed E-state index contributed by atoms with van der Waals surface area (Å²) in [5.74, 6) is 0. The molecule has 82 valence electrons. The van der Waals surface area contributed by atoms with Crippen molar-refractivity contribution in [2.75, 3.05) is 0 Å². The zero-order valence-electron chi connectivity index (χ0n) is 9.48. The Labute approximate surface area is 95.5 Å². The lowest BCUT2D eigenvalue weighted by Crippen LogP contribution is -2.20. The first kappa shape index (κ1) is 9.79. The zero-order valence-corrected chi connectivity index (χ0v) is 9.48. The lowest BCUT2D eigenvalue weighted by atomic mass is 9.90. The van der Waals surface area contributed by atoms with Gasteiger partial charge in [0.15, 0.2) is 0 Å². The van der Waals surface area contributed by atoms with Gasteiger partial charge in [-0.1, -0.05) is 25.1 Å². The third-order valence-electron chi connectivity index (χ3n) is 3.80. The average Bonchev–Trinajstić information content (AvgIpc) is 3.07. The number of benzene rings is 1. The minimum atomic E-state index is 0.139. The number of hydrogen-bond donors (Lipinski definition) is 1. The van der Waals surface area contributed by atoms with Crippen molar-refractivity contribution in [3.63, 3.8) is 0 Å². The maximum absolute atomic E-state index is 6.37. The van der Waals surface area contributed by atoms with Crippen molar-refractivity contribution < 1.29 is 0 Å². The molecule has 1 fully saturated rings. The van der Waals surface area contributed by atoms with Crippen LogP contribution in [0.25, 0.3) is 10.9 Å². The standard InChI is InChI=1S/C14H16N2/c1-14(7-8-14)13(15)11-4-2-6-12-10(11)5-3-9-16-12/h2-6,9,13H,7-8,15H2,1H3. The van der Waals surface area contributed by atoms with E-state index in [-0.39, 0.29) is 6.04 Å². The number of nitrogens with two attached hydrogens (primary N) is 1. The molecule has 0 spiro atoms. The average molecular weight is 212 g/mol. The van der Waals surface area contributed by atoms with Crippen molar-refractivity contribution in [1.29, 1.82) is 0 Å². The fourth-order valence-corrected chi connectivity index (χ4v) is 2.28. The molecule has 1 aromatic heterocycles. The second-order valence-electron chi connectivity index (χ2n) is 5.05. The Hall–Kier alpha value is -1.41. The topological polar surface area (TPSA) is 38.9 Å². The molecular weight excluding hydrogens is 196 g/mol. The van der Waals surface area contributed by atoms with E-state index in [1.807, 2.05) is 18.3 Å². The van der Waals surface area contributed by atoms with Gasteiger partial charge in [-0.2, -0.15) is 0 Å². The first-order valence-electron chi connectivity index (χ1n) is 5.80. The molecule has 2 heteroatoms. The minimum absolute atomic E-state index is 0.139. The van der Waals surface area contributed by atoms with E-state index in [1.165, 1.54) is 23.8 Å². The molecule has 0 bridgehead atoms. The van der Waals surface area contributed by atoms with Crippen LogP contribution >= 0.6 is 0 Å². The van der Waals surface area contributed by atoms with E-state index in [0.29, 0.717) is 5.41 Å². The number of nitrogens with zero attached hydrogens (tertiary/aromatic N) is 1. The Kier molecular flexibility index (Phi) is 2.01. The molecule has 1 aromatic carbocycles. The molecule has 1 atom stereocenters. The van der Waals surface area contributed by atoms with Crippen LogP contribution in [0.2, 0.25) is 0 Å². The van der Waals surface area contributed by atoms with Crippen molar-refractivity contribution >= 4 is 10.9 Å². The molecule has 0 amide bonds. The summed E-state index contributed by atoms with van der Waals surface area (Å²) in [5.41, 5.74) is 8.97. The van der Waals surface area contributed by atoms with E-state index in [9.17, 15) is 0 Å². The molecule has 1 aliphatic rings. The molecule has 1 saturated carbocycles. The van der Waals surface area contributed by atoms with Crippen molar-refractivity contribution in [2.45, 2.75) is 25.8 Å². The smallest absolute Gasteiger partial charge is 0.0705 e. The molecule has 3 rings (SSSR count). The Morgan fingerprint density at radius 1 is 1.25 bits per heavy atom. The number of pyridine rings is 1. The quantitative estimate of drug-likeness (QED) is 0.831. The molecule has 2 aromatic rings. The van der Waals surface area contributed by atoms with E-state index in [1.54, 1.807) is 0 Å². The third-order valence-corrected chi connectivity index (χ3v) is 3.80. The highest BCUT2D eigenvalue weighted by molar-refractivity contribution is 5.82. The molecular formula is C14H16N2. The van der Waals surface area contributed by atoms with Crippen LogP contribution in [0.1, 0.15) is 31.4 Å². The number of fused-ring (bicyclic) bond motifs is 1. The monoisotopic (exact) mass is 212 g/mol. The van der Waals surface area contributed by atoms with Gasteiger partial charge in [-0.15, -0.1) is 0 Å². The van der Waals surface area contributed by atoms with Gasteiger partial charge in [0.1, 0.15) is 0 Å². The van der Waals surface area contributed by atoms with Crippen molar-refractivity contribution in [2.24, 2.45) is 11.1 Å². The van der Waals surface area contributed by atoms with Gasteiger partial charge in [-0.25, -0.2) is 0 Å². The molecule has 2 nitrogen and oxygen atoms in total. The Morgan fingerprint density at radius 3 is 2.81 bits per heavy atom. The molecule has 0 saturated heterocycles. The maximum Gasteiger partial charge on any atom is 0.0705 e. The molecule has 1 heterocycles. The van der Waals surface area contributed by atoms with Crippen LogP contribution < -0.4 is 5.73 Å². The number of rotatable bonds is 2. The van der Waals surface area contributed by atoms with E-state index >= 15 is 0 Å². The van der Waals surface area contributed by atoms with E-state index in [0.717, 1.165) is 5.52 Å². The zero-order chi connectivity index (χ0) is 11.2. The Balaban J connectivity index is 2.16.